The highest BCUT2D eigenvalue weighted by molar-refractivity contribution is 8.01. The summed E-state index contributed by atoms with van der Waals surface area (Å²) < 4.78 is 40.0. The van der Waals surface area contributed by atoms with Gasteiger partial charge in [-0.3, -0.25) is 9.59 Å². The number of methoxy groups -OCH3 is 1. The molecular weight excluding hydrogens is 810 g/mol. The first kappa shape index (κ1) is 45.7. The van der Waals surface area contributed by atoms with Gasteiger partial charge in [0.15, 0.2) is 11.0 Å². The Balaban J connectivity index is 1.42. The summed E-state index contributed by atoms with van der Waals surface area (Å²) in [5, 5.41) is 12.6. The third-order valence-electron chi connectivity index (χ3n) is 8.49. The lowest BCUT2D eigenvalue weighted by Gasteiger charge is -2.17. The van der Waals surface area contributed by atoms with Crippen molar-refractivity contribution in [2.75, 3.05) is 30.7 Å². The van der Waals surface area contributed by atoms with Gasteiger partial charge in [0.1, 0.15) is 18.0 Å². The molecule has 4 aromatic rings. The van der Waals surface area contributed by atoms with E-state index in [0.717, 1.165) is 36.6 Å². The molecule has 0 spiro atoms. The lowest BCUT2D eigenvalue weighted by molar-refractivity contribution is -0.135. The number of ketones is 1. The van der Waals surface area contributed by atoms with Crippen molar-refractivity contribution in [3.63, 3.8) is 0 Å². The number of nitrogens with zero attached hydrogens (tertiary/aromatic N) is 4. The molecule has 312 valence electrons. The lowest BCUT2D eigenvalue weighted by atomic mass is 10.1. The normalized spacial score (nSPS) is 11.7. The summed E-state index contributed by atoms with van der Waals surface area (Å²) in [6, 6.07) is 16.4. The fourth-order valence-corrected chi connectivity index (χ4v) is 6.87. The zero-order valence-electron chi connectivity index (χ0n) is 32.6. The fraction of sp³-hybridized carbons (Fsp3) is 0.410. The molecule has 0 bridgehead atoms. The van der Waals surface area contributed by atoms with Crippen molar-refractivity contribution >= 4 is 68.4 Å². The molecule has 0 saturated carbocycles. The highest BCUT2D eigenvalue weighted by atomic mass is 35.5. The van der Waals surface area contributed by atoms with Crippen LogP contribution in [0.2, 0.25) is 5.02 Å². The Morgan fingerprint density at radius 1 is 0.862 bits per heavy atom. The number of hydrogen-bond acceptors (Lipinski definition) is 14. The lowest BCUT2D eigenvalue weighted by Crippen LogP contribution is -2.33. The van der Waals surface area contributed by atoms with Crippen LogP contribution in [0.25, 0.3) is 0 Å². The van der Waals surface area contributed by atoms with Crippen LogP contribution in [0, 0.1) is 0 Å². The number of hydrazine groups is 1. The summed E-state index contributed by atoms with van der Waals surface area (Å²) in [6.07, 6.45) is 12.4. The number of sulfonamides is 1. The number of esters is 2. The summed E-state index contributed by atoms with van der Waals surface area (Å²) in [5.74, 6) is -2.26. The maximum Gasteiger partial charge on any atom is 0.338 e. The summed E-state index contributed by atoms with van der Waals surface area (Å²) in [5.41, 5.74) is 3.18. The average molecular weight is 858 g/mol. The Hall–Kier alpha value is -5.04. The number of anilines is 2. The number of ether oxygens (including phenoxy) is 3. The van der Waals surface area contributed by atoms with Crippen LogP contribution in [-0.2, 0) is 30.9 Å². The Morgan fingerprint density at radius 2 is 1.53 bits per heavy atom. The van der Waals surface area contributed by atoms with Crippen LogP contribution in [0.3, 0.4) is 0 Å². The predicted octanol–water partition coefficient (Wildman–Crippen LogP) is 6.88. The number of benzene rings is 3. The molecule has 3 N–H and O–H groups in total. The van der Waals surface area contributed by atoms with Crippen molar-refractivity contribution in [1.29, 1.82) is 0 Å². The molecule has 19 heteroatoms. The molecule has 0 aliphatic carbocycles. The minimum absolute atomic E-state index is 0.0675. The topological polar surface area (TPSA) is 210 Å². The van der Waals surface area contributed by atoms with Gasteiger partial charge in [-0.15, -0.1) is 9.93 Å². The van der Waals surface area contributed by atoms with Crippen LogP contribution in [-0.4, -0.2) is 77.5 Å². The zero-order valence-corrected chi connectivity index (χ0v) is 35.0. The number of nitrogens with one attached hydrogen (secondary N) is 3. The third-order valence-corrected chi connectivity index (χ3v) is 10.5. The van der Waals surface area contributed by atoms with Crippen LogP contribution in [0.15, 0.2) is 71.9 Å². The van der Waals surface area contributed by atoms with Crippen molar-refractivity contribution in [3.05, 3.63) is 82.9 Å². The van der Waals surface area contributed by atoms with Gasteiger partial charge < -0.3 is 25.0 Å². The second-order valence-corrected chi connectivity index (χ2v) is 16.4. The van der Waals surface area contributed by atoms with E-state index in [1.54, 1.807) is 18.2 Å². The number of unbranched alkanes of at least 4 members (excludes halogenated alkanes) is 9. The zero-order chi connectivity index (χ0) is 41.9. The van der Waals surface area contributed by atoms with E-state index >= 15 is 0 Å². The molecule has 58 heavy (non-hydrogen) atoms. The standard InChI is InChI=1S/C39H48ClN7O9S2/c1-4-5-6-7-8-9-10-11-12-13-23-55-38(51)28-19-22-32(40)33(24-28)41-37(50)36(35(49)27-17-20-30(54-2)21-18-27)57-39-43-44-45-47(39)26-34(48)56-31-16-14-15-29(25-31)42-46-58(3,52)53/h14-22,24-25,36,42,46H,4-13,23,26H2,1-3H3,(H,41,50). The first-order chi connectivity index (χ1) is 27.9. The largest absolute Gasteiger partial charge is 0.497 e. The molecule has 1 heterocycles. The minimum Gasteiger partial charge on any atom is -0.497 e. The molecule has 0 aliphatic rings. The van der Waals surface area contributed by atoms with Gasteiger partial charge in [0.05, 0.1) is 41.9 Å². The van der Waals surface area contributed by atoms with E-state index in [0.29, 0.717) is 23.2 Å². The molecule has 16 nitrogen and oxygen atoms in total. The summed E-state index contributed by atoms with van der Waals surface area (Å²) in [4.78, 5) is 55.9. The average Bonchev–Trinajstić information content (AvgIpc) is 3.64. The highest BCUT2D eigenvalue weighted by Gasteiger charge is 2.32. The second-order valence-electron chi connectivity index (χ2n) is 13.2. The van der Waals surface area contributed by atoms with Crippen LogP contribution in [0.5, 0.6) is 11.5 Å². The molecule has 1 aromatic heterocycles. The number of tetrazole rings is 1. The molecule has 0 saturated heterocycles. The Bertz CT molecular complexity index is 2100. The molecular formula is C39H48ClN7O9S2. The number of Topliss-reactive ketones (excluding diaryl/α,β-unsaturated/α-hetero) is 1. The van der Waals surface area contributed by atoms with Gasteiger partial charge in [0, 0.05) is 11.6 Å². The molecule has 1 atom stereocenters. The number of amides is 1. The fourth-order valence-electron chi connectivity index (χ4n) is 5.48. The number of aromatic nitrogens is 4. The van der Waals surface area contributed by atoms with E-state index in [4.69, 9.17) is 25.8 Å². The van der Waals surface area contributed by atoms with E-state index in [-0.39, 0.29) is 39.3 Å². The number of carbonyl (C=O) groups excluding carboxylic acids is 4. The third kappa shape index (κ3) is 15.4. The summed E-state index contributed by atoms with van der Waals surface area (Å²) >= 11 is 7.13. The van der Waals surface area contributed by atoms with Gasteiger partial charge in [-0.2, -0.15) is 0 Å². The Kier molecular flexibility index (Phi) is 18.4. The molecule has 4 rings (SSSR count). The molecule has 0 aliphatic heterocycles. The van der Waals surface area contributed by atoms with E-state index in [2.05, 4.69) is 38.0 Å². The van der Waals surface area contributed by atoms with Gasteiger partial charge in [-0.25, -0.2) is 22.7 Å². The molecule has 0 fully saturated rings. The van der Waals surface area contributed by atoms with Crippen LogP contribution in [0.4, 0.5) is 11.4 Å². The molecule has 3 aromatic carbocycles. The highest BCUT2D eigenvalue weighted by Crippen LogP contribution is 2.29. The van der Waals surface area contributed by atoms with Crippen LogP contribution >= 0.6 is 23.4 Å². The van der Waals surface area contributed by atoms with Gasteiger partial charge in [-0.1, -0.05) is 94.1 Å². The second kappa shape index (κ2) is 23.4. The maximum absolute atomic E-state index is 13.9. The molecule has 0 radical (unpaired) electrons. The minimum atomic E-state index is -3.56. The van der Waals surface area contributed by atoms with Crippen molar-refractivity contribution < 1.29 is 41.8 Å². The van der Waals surface area contributed by atoms with Crippen molar-refractivity contribution in [1.82, 2.24) is 25.0 Å². The monoisotopic (exact) mass is 857 g/mol. The SMILES string of the molecule is CCCCCCCCCCCCOC(=O)c1ccc(Cl)c(NC(=O)C(Sc2nnnn2CC(=O)Oc2cccc(NNS(C)(=O)=O)c2)C(=O)c2ccc(OC)cc2)c1. The Labute approximate surface area is 347 Å². The van der Waals surface area contributed by atoms with Gasteiger partial charge >= 0.3 is 11.9 Å². The van der Waals surface area contributed by atoms with Gasteiger partial charge in [-0.05, 0) is 71.4 Å². The van der Waals surface area contributed by atoms with E-state index in [1.807, 2.05) is 0 Å². The predicted molar refractivity (Wildman–Crippen MR) is 221 cm³/mol. The van der Waals surface area contributed by atoms with Gasteiger partial charge in [0.2, 0.25) is 21.1 Å². The van der Waals surface area contributed by atoms with E-state index < -0.39 is 45.4 Å². The number of carbonyl (C=O) groups is 4. The molecule has 1 unspecified atom stereocenters. The number of hydrogen-bond donors (Lipinski definition) is 3. The number of thioether (sulfide) groups is 1. The van der Waals surface area contributed by atoms with Crippen molar-refractivity contribution in [2.45, 2.75) is 88.1 Å². The number of rotatable bonds is 25. The van der Waals surface area contributed by atoms with Crippen LogP contribution < -0.4 is 25.0 Å². The van der Waals surface area contributed by atoms with Crippen molar-refractivity contribution in [3.8, 4) is 11.5 Å². The van der Waals surface area contributed by atoms with E-state index in [1.165, 1.54) is 94.2 Å². The maximum atomic E-state index is 13.9. The van der Waals surface area contributed by atoms with E-state index in [9.17, 15) is 27.6 Å². The summed E-state index contributed by atoms with van der Waals surface area (Å²) in [7, 11) is -2.08. The summed E-state index contributed by atoms with van der Waals surface area (Å²) in [6.45, 7) is 1.94. The van der Waals surface area contributed by atoms with Gasteiger partial charge in [0.25, 0.3) is 0 Å². The smallest absolute Gasteiger partial charge is 0.338 e. The molecule has 1 amide bonds. The Morgan fingerprint density at radius 3 is 2.21 bits per heavy atom. The first-order valence-corrected chi connectivity index (χ1v) is 21.9. The van der Waals surface area contributed by atoms with Crippen molar-refractivity contribution in [2.24, 2.45) is 0 Å². The first-order valence-electron chi connectivity index (χ1n) is 18.8. The number of halogens is 1. The quantitative estimate of drug-likeness (QED) is 0.0118. The van der Waals surface area contributed by atoms with Crippen LogP contribution in [0.1, 0.15) is 91.8 Å².